The first kappa shape index (κ1) is 13.8. The number of carbonyl (C=O) groups excluding carboxylic acids is 1. The second-order valence-corrected chi connectivity index (χ2v) is 2.67. The summed E-state index contributed by atoms with van der Waals surface area (Å²) >= 11 is 0. The van der Waals surface area contributed by atoms with E-state index in [0.717, 1.165) is 0 Å². The van der Waals surface area contributed by atoms with Gasteiger partial charge in [-0.25, -0.2) is 0 Å². The molecule has 4 atom stereocenters. The van der Waals surface area contributed by atoms with Gasteiger partial charge in [-0.1, -0.05) is 5.11 Å². The summed E-state index contributed by atoms with van der Waals surface area (Å²) in [6.07, 6.45) is -7.99. The molecular weight excluding hydrogens is 210 g/mol. The topological polar surface area (TPSA) is 167 Å². The van der Waals surface area contributed by atoms with Gasteiger partial charge in [0.15, 0.2) is 12.0 Å². The fraction of sp³-hybridized carbons (Fsp3) is 0.833. The SMILES string of the molecule is [N-]=[N+]=NC(O)C(=O)[C@H](O)[C@H](O)[C@@H](O)CO. The van der Waals surface area contributed by atoms with Crippen LogP contribution in [0.1, 0.15) is 0 Å². The standard InChI is InChI=1S/C6H11N3O6/c7-9-8-6(15)5(14)4(13)3(12)2(11)1-10/h2-4,6,10-13,15H,1H2/t2-,3+,4+,6?/m0/s1. The molecule has 0 radical (unpaired) electrons. The number of nitrogens with zero attached hydrogens (tertiary/aromatic N) is 3. The molecule has 0 bridgehead atoms. The van der Waals surface area contributed by atoms with E-state index in [4.69, 9.17) is 31.1 Å². The first-order valence-corrected chi connectivity index (χ1v) is 3.86. The zero-order valence-electron chi connectivity index (χ0n) is 7.50. The Kier molecular flexibility index (Phi) is 5.79. The Morgan fingerprint density at radius 1 is 1.33 bits per heavy atom. The summed E-state index contributed by atoms with van der Waals surface area (Å²) in [4.78, 5) is 13.1. The summed E-state index contributed by atoms with van der Waals surface area (Å²) in [7, 11) is 0. The molecule has 15 heavy (non-hydrogen) atoms. The van der Waals surface area contributed by atoms with E-state index in [2.05, 4.69) is 10.0 Å². The van der Waals surface area contributed by atoms with Gasteiger partial charge >= 0.3 is 0 Å². The molecule has 0 saturated heterocycles. The van der Waals surface area contributed by atoms with Crippen LogP contribution in [0.3, 0.4) is 0 Å². The van der Waals surface area contributed by atoms with Gasteiger partial charge in [-0.2, -0.15) is 0 Å². The number of hydrogen-bond donors (Lipinski definition) is 5. The van der Waals surface area contributed by atoms with E-state index in [1.165, 1.54) is 0 Å². The summed E-state index contributed by atoms with van der Waals surface area (Å²) in [5.74, 6) is -1.37. The van der Waals surface area contributed by atoms with E-state index in [1.54, 1.807) is 0 Å². The van der Waals surface area contributed by atoms with Crippen molar-refractivity contribution in [2.45, 2.75) is 24.5 Å². The van der Waals surface area contributed by atoms with Crippen molar-refractivity contribution in [2.24, 2.45) is 5.11 Å². The summed E-state index contributed by atoms with van der Waals surface area (Å²) in [5.41, 5.74) is 7.87. The van der Waals surface area contributed by atoms with E-state index in [9.17, 15) is 4.79 Å². The van der Waals surface area contributed by atoms with E-state index in [1.807, 2.05) is 0 Å². The summed E-state index contributed by atoms with van der Waals surface area (Å²) in [5, 5.41) is 46.8. The molecule has 0 aromatic rings. The molecule has 0 aliphatic heterocycles. The van der Waals surface area contributed by atoms with Crippen LogP contribution in [0, 0.1) is 0 Å². The van der Waals surface area contributed by atoms with Gasteiger partial charge in [0.05, 0.1) is 6.61 Å². The molecule has 0 rings (SSSR count). The van der Waals surface area contributed by atoms with Crippen molar-refractivity contribution in [3.63, 3.8) is 0 Å². The summed E-state index contributed by atoms with van der Waals surface area (Å²) in [6.45, 7) is -0.872. The number of carbonyl (C=O) groups is 1. The summed E-state index contributed by atoms with van der Waals surface area (Å²) in [6, 6.07) is 0. The molecule has 0 aliphatic carbocycles. The molecule has 0 fully saturated rings. The highest BCUT2D eigenvalue weighted by Gasteiger charge is 2.32. The minimum Gasteiger partial charge on any atom is -0.394 e. The molecule has 0 aromatic carbocycles. The Morgan fingerprint density at radius 3 is 2.27 bits per heavy atom. The van der Waals surface area contributed by atoms with Gasteiger partial charge in [-0.3, -0.25) is 4.79 Å². The minimum absolute atomic E-state index is 0.872. The zero-order valence-corrected chi connectivity index (χ0v) is 7.50. The molecule has 86 valence electrons. The lowest BCUT2D eigenvalue weighted by molar-refractivity contribution is -0.148. The maximum atomic E-state index is 11.0. The molecule has 0 amide bonds. The molecule has 0 heterocycles. The van der Waals surface area contributed by atoms with E-state index >= 15 is 0 Å². The number of Topliss-reactive ketones (excluding diaryl/α,β-unsaturated/α-hetero) is 1. The summed E-state index contributed by atoms with van der Waals surface area (Å²) < 4.78 is 0. The average Bonchev–Trinajstić information content (AvgIpc) is 2.25. The van der Waals surface area contributed by atoms with Crippen LogP contribution in [0.15, 0.2) is 5.11 Å². The first-order chi connectivity index (χ1) is 6.95. The highest BCUT2D eigenvalue weighted by molar-refractivity contribution is 5.87. The third-order valence-electron chi connectivity index (χ3n) is 1.61. The molecule has 0 aliphatic rings. The molecular formula is C6H11N3O6. The number of azide groups is 1. The van der Waals surface area contributed by atoms with Crippen molar-refractivity contribution in [3.8, 4) is 0 Å². The van der Waals surface area contributed by atoms with Gasteiger partial charge in [-0.15, -0.1) is 0 Å². The number of rotatable bonds is 6. The fourth-order valence-corrected chi connectivity index (χ4v) is 0.745. The third kappa shape index (κ3) is 3.80. The van der Waals surface area contributed by atoms with Crippen LogP contribution in [-0.2, 0) is 4.79 Å². The number of ketones is 1. The maximum Gasteiger partial charge on any atom is 0.198 e. The predicted octanol–water partition coefficient (Wildman–Crippen LogP) is -2.74. The second kappa shape index (κ2) is 6.30. The van der Waals surface area contributed by atoms with E-state index in [-0.39, 0.29) is 0 Å². The van der Waals surface area contributed by atoms with Gasteiger partial charge in [0.25, 0.3) is 0 Å². The van der Waals surface area contributed by atoms with Crippen molar-refractivity contribution < 1.29 is 30.3 Å². The number of aliphatic hydroxyl groups is 5. The minimum atomic E-state index is -2.15. The van der Waals surface area contributed by atoms with Crippen molar-refractivity contribution in [3.05, 3.63) is 10.4 Å². The first-order valence-electron chi connectivity index (χ1n) is 3.86. The maximum absolute atomic E-state index is 11.0. The van der Waals surface area contributed by atoms with E-state index < -0.39 is 36.9 Å². The Labute approximate surface area is 83.8 Å². The zero-order chi connectivity index (χ0) is 12.0. The highest BCUT2D eigenvalue weighted by atomic mass is 16.4. The van der Waals surface area contributed by atoms with Crippen molar-refractivity contribution in [2.75, 3.05) is 6.61 Å². The Morgan fingerprint density at radius 2 is 1.87 bits per heavy atom. The lowest BCUT2D eigenvalue weighted by Gasteiger charge is -2.20. The molecule has 0 spiro atoms. The Bertz CT molecular complexity index is 266. The smallest absolute Gasteiger partial charge is 0.198 e. The molecule has 9 nitrogen and oxygen atoms in total. The van der Waals surface area contributed by atoms with Gasteiger partial charge in [0.1, 0.15) is 18.3 Å². The molecule has 0 saturated carbocycles. The second-order valence-electron chi connectivity index (χ2n) is 2.67. The van der Waals surface area contributed by atoms with Crippen LogP contribution in [0.5, 0.6) is 0 Å². The van der Waals surface area contributed by atoms with Crippen LogP contribution >= 0.6 is 0 Å². The van der Waals surface area contributed by atoms with Gasteiger partial charge < -0.3 is 25.5 Å². The van der Waals surface area contributed by atoms with E-state index in [0.29, 0.717) is 0 Å². The average molecular weight is 221 g/mol. The highest BCUT2D eigenvalue weighted by Crippen LogP contribution is 2.04. The van der Waals surface area contributed by atoms with Crippen LogP contribution in [0.2, 0.25) is 0 Å². The van der Waals surface area contributed by atoms with Crippen LogP contribution in [-0.4, -0.2) is 62.5 Å². The fourth-order valence-electron chi connectivity index (χ4n) is 0.745. The molecule has 9 heteroatoms. The lowest BCUT2D eigenvalue weighted by atomic mass is 10.0. The Balaban J connectivity index is 4.49. The third-order valence-corrected chi connectivity index (χ3v) is 1.61. The van der Waals surface area contributed by atoms with Gasteiger partial charge in [-0.05, 0) is 5.53 Å². The normalized spacial score (nSPS) is 18.5. The Hall–Kier alpha value is -1.22. The lowest BCUT2D eigenvalue weighted by Crippen LogP contribution is -2.46. The largest absolute Gasteiger partial charge is 0.394 e. The van der Waals surface area contributed by atoms with Crippen molar-refractivity contribution in [1.29, 1.82) is 0 Å². The van der Waals surface area contributed by atoms with Crippen molar-refractivity contribution >= 4 is 5.78 Å². The molecule has 1 unspecified atom stereocenters. The number of aliphatic hydroxyl groups excluding tert-OH is 5. The van der Waals surface area contributed by atoms with Crippen LogP contribution < -0.4 is 0 Å². The molecule has 5 N–H and O–H groups in total. The van der Waals surface area contributed by atoms with Gasteiger partial charge in [0.2, 0.25) is 0 Å². The van der Waals surface area contributed by atoms with Crippen molar-refractivity contribution in [1.82, 2.24) is 0 Å². The number of hydrogen-bond acceptors (Lipinski definition) is 7. The molecule has 0 aromatic heterocycles. The quantitative estimate of drug-likeness (QED) is 0.185. The predicted molar refractivity (Wildman–Crippen MR) is 45.3 cm³/mol. The van der Waals surface area contributed by atoms with Crippen LogP contribution in [0.25, 0.3) is 10.4 Å². The van der Waals surface area contributed by atoms with Crippen LogP contribution in [0.4, 0.5) is 0 Å². The monoisotopic (exact) mass is 221 g/mol. The van der Waals surface area contributed by atoms with Gasteiger partial charge in [0, 0.05) is 4.91 Å².